The second-order valence-electron chi connectivity index (χ2n) is 3.76. The molecular weight excluding hydrogens is 298 g/mol. The number of esters is 1. The fourth-order valence-electron chi connectivity index (χ4n) is 1.91. The van der Waals surface area contributed by atoms with E-state index in [2.05, 4.69) is 20.7 Å². The number of rotatable bonds is 4. The molecule has 0 N–H and O–H groups in total. The molecule has 94 valence electrons. The van der Waals surface area contributed by atoms with Crippen LogP contribution in [-0.4, -0.2) is 28.8 Å². The van der Waals surface area contributed by atoms with Crippen molar-refractivity contribution in [2.45, 2.75) is 6.54 Å². The van der Waals surface area contributed by atoms with Gasteiger partial charge in [-0.3, -0.25) is 4.79 Å². The molecule has 4 nitrogen and oxygen atoms in total. The van der Waals surface area contributed by atoms with E-state index in [1.54, 1.807) is 6.20 Å². The highest BCUT2D eigenvalue weighted by Crippen LogP contribution is 2.22. The zero-order chi connectivity index (χ0) is 13.1. The van der Waals surface area contributed by atoms with E-state index in [-0.39, 0.29) is 0 Å². The average molecular weight is 310 g/mol. The number of Topliss-reactive ketones (excluding diaryl/α,β-unsaturated/α-hetero) is 1. The Labute approximate surface area is 113 Å². The van der Waals surface area contributed by atoms with Crippen molar-refractivity contribution in [1.29, 1.82) is 0 Å². The van der Waals surface area contributed by atoms with E-state index < -0.39 is 11.8 Å². The van der Waals surface area contributed by atoms with Crippen LogP contribution in [0.25, 0.3) is 10.9 Å². The molecule has 2 aromatic rings. The van der Waals surface area contributed by atoms with Crippen molar-refractivity contribution < 1.29 is 14.3 Å². The second kappa shape index (κ2) is 5.35. The second-order valence-corrected chi connectivity index (χ2v) is 4.56. The number of carbonyl (C=O) groups is 2. The third kappa shape index (κ3) is 2.18. The van der Waals surface area contributed by atoms with Gasteiger partial charge in [-0.15, -0.1) is 0 Å². The number of aryl methyl sites for hydroxylation is 1. The van der Waals surface area contributed by atoms with Crippen molar-refractivity contribution in [3.05, 3.63) is 36.0 Å². The molecule has 1 heterocycles. The molecular formula is C13H12BrNO3. The van der Waals surface area contributed by atoms with Crippen molar-refractivity contribution in [2.75, 3.05) is 12.4 Å². The van der Waals surface area contributed by atoms with E-state index in [9.17, 15) is 9.59 Å². The van der Waals surface area contributed by atoms with Crippen molar-refractivity contribution in [2.24, 2.45) is 0 Å². The van der Waals surface area contributed by atoms with Gasteiger partial charge >= 0.3 is 5.97 Å². The van der Waals surface area contributed by atoms with Gasteiger partial charge in [0.2, 0.25) is 0 Å². The highest BCUT2D eigenvalue weighted by molar-refractivity contribution is 9.09. The lowest BCUT2D eigenvalue weighted by atomic mass is 10.1. The summed E-state index contributed by atoms with van der Waals surface area (Å²) in [5.41, 5.74) is 1.32. The molecule has 1 aromatic carbocycles. The lowest BCUT2D eigenvalue weighted by Gasteiger charge is -2.00. The van der Waals surface area contributed by atoms with Gasteiger partial charge in [0.15, 0.2) is 0 Å². The first-order valence-electron chi connectivity index (χ1n) is 5.45. The summed E-state index contributed by atoms with van der Waals surface area (Å²) in [6.45, 7) is 0.731. The molecule has 0 spiro atoms. The van der Waals surface area contributed by atoms with E-state index in [4.69, 9.17) is 0 Å². The van der Waals surface area contributed by atoms with Crippen LogP contribution in [0.4, 0.5) is 0 Å². The van der Waals surface area contributed by atoms with Crippen LogP contribution in [0.15, 0.2) is 30.5 Å². The number of carbonyl (C=O) groups excluding carboxylic acids is 2. The summed E-state index contributed by atoms with van der Waals surface area (Å²) < 4.78 is 6.42. The molecule has 0 bridgehead atoms. The summed E-state index contributed by atoms with van der Waals surface area (Å²) in [5, 5.41) is 1.55. The molecule has 0 saturated carbocycles. The van der Waals surface area contributed by atoms with E-state index in [0.29, 0.717) is 5.56 Å². The molecule has 0 amide bonds. The van der Waals surface area contributed by atoms with E-state index in [1.165, 1.54) is 7.11 Å². The van der Waals surface area contributed by atoms with Gasteiger partial charge in [-0.25, -0.2) is 4.79 Å². The maximum atomic E-state index is 11.9. The van der Waals surface area contributed by atoms with Gasteiger partial charge in [0.1, 0.15) is 0 Å². The third-order valence-corrected chi connectivity index (χ3v) is 3.08. The Bertz CT molecular complexity index is 603. The predicted octanol–water partition coefficient (Wildman–Crippen LogP) is 2.39. The topological polar surface area (TPSA) is 48.3 Å². The van der Waals surface area contributed by atoms with Crippen LogP contribution >= 0.6 is 15.9 Å². The first-order valence-corrected chi connectivity index (χ1v) is 6.57. The Hall–Kier alpha value is -1.62. The number of aromatic nitrogens is 1. The number of hydrogen-bond acceptors (Lipinski definition) is 3. The highest BCUT2D eigenvalue weighted by atomic mass is 79.9. The van der Waals surface area contributed by atoms with Crippen LogP contribution in [0.2, 0.25) is 0 Å². The molecule has 0 atom stereocenters. The number of ketones is 1. The maximum Gasteiger partial charge on any atom is 0.379 e. The number of ether oxygens (including phenoxy) is 1. The summed E-state index contributed by atoms with van der Waals surface area (Å²) in [6.07, 6.45) is 1.70. The van der Waals surface area contributed by atoms with Gasteiger partial charge in [0.25, 0.3) is 5.78 Å². The molecule has 0 unspecified atom stereocenters. The van der Waals surface area contributed by atoms with E-state index in [1.807, 2.05) is 28.8 Å². The third-order valence-electron chi connectivity index (χ3n) is 2.73. The number of halogens is 1. The first-order chi connectivity index (χ1) is 8.69. The van der Waals surface area contributed by atoms with Crippen LogP contribution in [0.3, 0.4) is 0 Å². The Morgan fingerprint density at radius 1 is 1.33 bits per heavy atom. The number of hydrogen-bond donors (Lipinski definition) is 0. The summed E-state index contributed by atoms with van der Waals surface area (Å²) in [7, 11) is 1.21. The monoisotopic (exact) mass is 309 g/mol. The normalized spacial score (nSPS) is 10.6. The molecule has 0 aliphatic heterocycles. The molecule has 0 radical (unpaired) electrons. The van der Waals surface area contributed by atoms with Crippen LogP contribution in [0.5, 0.6) is 0 Å². The summed E-state index contributed by atoms with van der Waals surface area (Å²) in [5.74, 6) is -1.45. The molecule has 2 rings (SSSR count). The van der Waals surface area contributed by atoms with Crippen LogP contribution < -0.4 is 0 Å². The van der Waals surface area contributed by atoms with Crippen molar-refractivity contribution >= 4 is 38.6 Å². The molecule has 0 aliphatic rings. The maximum absolute atomic E-state index is 11.9. The summed E-state index contributed by atoms with van der Waals surface area (Å²) >= 11 is 3.36. The Morgan fingerprint density at radius 2 is 2.06 bits per heavy atom. The lowest BCUT2D eigenvalue weighted by Crippen LogP contribution is -2.15. The van der Waals surface area contributed by atoms with Gasteiger partial charge in [-0.2, -0.15) is 0 Å². The van der Waals surface area contributed by atoms with Gasteiger partial charge in [0, 0.05) is 29.0 Å². The molecule has 1 aromatic heterocycles. The minimum Gasteiger partial charge on any atom is -0.463 e. The average Bonchev–Trinajstić information content (AvgIpc) is 2.77. The minimum absolute atomic E-state index is 0.387. The zero-order valence-electron chi connectivity index (χ0n) is 9.85. The van der Waals surface area contributed by atoms with Gasteiger partial charge in [-0.05, 0) is 6.07 Å². The smallest absolute Gasteiger partial charge is 0.379 e. The standard InChI is InChI=1S/C13H12BrNO3/c1-18-13(17)12(16)10-8-15(7-6-14)11-5-3-2-4-9(10)11/h2-5,8H,6-7H2,1H3. The largest absolute Gasteiger partial charge is 0.463 e. The SMILES string of the molecule is COC(=O)C(=O)c1cn(CCBr)c2ccccc12. The number of fused-ring (bicyclic) bond motifs is 1. The Balaban J connectivity index is 2.57. The fraction of sp³-hybridized carbons (Fsp3) is 0.231. The van der Waals surface area contributed by atoms with Crippen molar-refractivity contribution in [3.63, 3.8) is 0 Å². The quantitative estimate of drug-likeness (QED) is 0.377. The summed E-state index contributed by atoms with van der Waals surface area (Å²) in [4.78, 5) is 23.2. The van der Waals surface area contributed by atoms with E-state index >= 15 is 0 Å². The molecule has 5 heteroatoms. The number of para-hydroxylation sites is 1. The Kier molecular flexibility index (Phi) is 3.81. The molecule has 0 saturated heterocycles. The van der Waals surface area contributed by atoms with Crippen LogP contribution in [-0.2, 0) is 16.1 Å². The first kappa shape index (κ1) is 12.8. The number of alkyl halides is 1. The van der Waals surface area contributed by atoms with Crippen LogP contribution in [0.1, 0.15) is 10.4 Å². The van der Waals surface area contributed by atoms with Crippen LogP contribution in [0, 0.1) is 0 Å². The molecule has 0 aliphatic carbocycles. The van der Waals surface area contributed by atoms with Crippen molar-refractivity contribution in [3.8, 4) is 0 Å². The van der Waals surface area contributed by atoms with Gasteiger partial charge < -0.3 is 9.30 Å². The van der Waals surface area contributed by atoms with Gasteiger partial charge in [-0.1, -0.05) is 34.1 Å². The summed E-state index contributed by atoms with van der Waals surface area (Å²) in [6, 6.07) is 7.50. The molecule has 18 heavy (non-hydrogen) atoms. The fourth-order valence-corrected chi connectivity index (χ4v) is 2.29. The number of methoxy groups -OCH3 is 1. The highest BCUT2D eigenvalue weighted by Gasteiger charge is 2.21. The molecule has 0 fully saturated rings. The minimum atomic E-state index is -0.836. The Morgan fingerprint density at radius 3 is 2.72 bits per heavy atom. The van der Waals surface area contributed by atoms with Gasteiger partial charge in [0.05, 0.1) is 12.7 Å². The van der Waals surface area contributed by atoms with E-state index in [0.717, 1.165) is 22.8 Å². The van der Waals surface area contributed by atoms with Crippen molar-refractivity contribution in [1.82, 2.24) is 4.57 Å². The zero-order valence-corrected chi connectivity index (χ0v) is 11.4. The number of benzene rings is 1. The predicted molar refractivity (Wildman–Crippen MR) is 72.1 cm³/mol. The lowest BCUT2D eigenvalue weighted by molar-refractivity contribution is -0.135. The number of nitrogens with zero attached hydrogens (tertiary/aromatic N) is 1.